The molecule has 0 atom stereocenters. The SMILES string of the molecule is O=C(NC1CC1)c1cn(Cc2ccccc2)nc1-c1cccnc1. The van der Waals surface area contributed by atoms with Gasteiger partial charge < -0.3 is 5.32 Å². The van der Waals surface area contributed by atoms with Gasteiger partial charge in [0.15, 0.2) is 0 Å². The molecule has 2 heterocycles. The van der Waals surface area contributed by atoms with Crippen LogP contribution in [0.3, 0.4) is 0 Å². The number of carbonyl (C=O) groups excluding carboxylic acids is 1. The predicted molar refractivity (Wildman–Crippen MR) is 91.5 cm³/mol. The molecular formula is C19H18N4O. The molecule has 1 amide bonds. The molecule has 5 nitrogen and oxygen atoms in total. The van der Waals surface area contributed by atoms with Crippen LogP contribution in [0, 0.1) is 0 Å². The first-order valence-electron chi connectivity index (χ1n) is 8.12. The summed E-state index contributed by atoms with van der Waals surface area (Å²) >= 11 is 0. The van der Waals surface area contributed by atoms with Gasteiger partial charge in [-0.25, -0.2) is 0 Å². The van der Waals surface area contributed by atoms with Crippen molar-refractivity contribution in [1.29, 1.82) is 0 Å². The third kappa shape index (κ3) is 3.20. The molecule has 0 saturated heterocycles. The van der Waals surface area contributed by atoms with Gasteiger partial charge in [0.05, 0.1) is 12.1 Å². The highest BCUT2D eigenvalue weighted by Gasteiger charge is 2.26. The van der Waals surface area contributed by atoms with E-state index in [1.54, 1.807) is 12.4 Å². The van der Waals surface area contributed by atoms with E-state index in [2.05, 4.69) is 27.5 Å². The monoisotopic (exact) mass is 318 g/mol. The molecule has 2 aromatic heterocycles. The first-order valence-corrected chi connectivity index (χ1v) is 8.12. The number of aromatic nitrogens is 3. The highest BCUT2D eigenvalue weighted by molar-refractivity contribution is 6.00. The van der Waals surface area contributed by atoms with Crippen molar-refractivity contribution in [3.63, 3.8) is 0 Å². The summed E-state index contributed by atoms with van der Waals surface area (Å²) in [6, 6.07) is 14.2. The minimum absolute atomic E-state index is 0.0596. The van der Waals surface area contributed by atoms with Gasteiger partial charge in [0.1, 0.15) is 5.69 Å². The highest BCUT2D eigenvalue weighted by Crippen LogP contribution is 2.24. The minimum Gasteiger partial charge on any atom is -0.349 e. The van der Waals surface area contributed by atoms with Crippen LogP contribution in [0.15, 0.2) is 61.1 Å². The Labute approximate surface area is 140 Å². The lowest BCUT2D eigenvalue weighted by molar-refractivity contribution is 0.0951. The normalized spacial score (nSPS) is 13.7. The van der Waals surface area contributed by atoms with Crippen molar-refractivity contribution < 1.29 is 4.79 Å². The van der Waals surface area contributed by atoms with Gasteiger partial charge in [-0.1, -0.05) is 30.3 Å². The van der Waals surface area contributed by atoms with Crippen LogP contribution in [0.25, 0.3) is 11.3 Å². The van der Waals surface area contributed by atoms with Gasteiger partial charge in [-0.2, -0.15) is 5.10 Å². The fraction of sp³-hybridized carbons (Fsp3) is 0.211. The highest BCUT2D eigenvalue weighted by atomic mass is 16.1. The van der Waals surface area contributed by atoms with Gasteiger partial charge >= 0.3 is 0 Å². The Morgan fingerprint density at radius 2 is 2.00 bits per heavy atom. The molecule has 0 radical (unpaired) electrons. The van der Waals surface area contributed by atoms with E-state index in [0.717, 1.165) is 24.0 Å². The number of hydrogen-bond donors (Lipinski definition) is 1. The van der Waals surface area contributed by atoms with Crippen LogP contribution in [-0.2, 0) is 6.54 Å². The number of hydrogen-bond acceptors (Lipinski definition) is 3. The van der Waals surface area contributed by atoms with Crippen molar-refractivity contribution in [3.05, 3.63) is 72.2 Å². The molecule has 0 aliphatic heterocycles. The van der Waals surface area contributed by atoms with Gasteiger partial charge in [0.2, 0.25) is 0 Å². The van der Waals surface area contributed by atoms with Crippen molar-refractivity contribution in [3.8, 4) is 11.3 Å². The minimum atomic E-state index is -0.0596. The van der Waals surface area contributed by atoms with Crippen LogP contribution in [0.4, 0.5) is 0 Å². The Bertz CT molecular complexity index is 838. The van der Waals surface area contributed by atoms with Crippen LogP contribution in [0.2, 0.25) is 0 Å². The largest absolute Gasteiger partial charge is 0.349 e. The molecule has 1 aliphatic carbocycles. The third-order valence-electron chi connectivity index (χ3n) is 4.04. The summed E-state index contributed by atoms with van der Waals surface area (Å²) < 4.78 is 1.82. The van der Waals surface area contributed by atoms with Crippen LogP contribution < -0.4 is 5.32 Å². The van der Waals surface area contributed by atoms with Crippen LogP contribution in [0.1, 0.15) is 28.8 Å². The molecule has 4 rings (SSSR count). The van der Waals surface area contributed by atoms with E-state index < -0.39 is 0 Å². The smallest absolute Gasteiger partial charge is 0.255 e. The van der Waals surface area contributed by atoms with E-state index in [0.29, 0.717) is 23.8 Å². The standard InChI is InChI=1S/C19H18N4O/c24-19(21-16-8-9-16)17-13-23(12-14-5-2-1-3-6-14)22-18(17)15-7-4-10-20-11-15/h1-7,10-11,13,16H,8-9,12H2,(H,21,24). The van der Waals surface area contributed by atoms with Crippen LogP contribution in [-0.4, -0.2) is 26.7 Å². The number of rotatable bonds is 5. The summed E-state index contributed by atoms with van der Waals surface area (Å²) in [5, 5.41) is 7.69. The zero-order chi connectivity index (χ0) is 16.4. The van der Waals surface area contributed by atoms with E-state index >= 15 is 0 Å². The number of nitrogens with zero attached hydrogens (tertiary/aromatic N) is 3. The van der Waals surface area contributed by atoms with Crippen molar-refractivity contribution >= 4 is 5.91 Å². The summed E-state index contributed by atoms with van der Waals surface area (Å²) in [6.07, 6.45) is 7.41. The molecule has 1 fully saturated rings. The van der Waals surface area contributed by atoms with Gasteiger partial charge in [-0.3, -0.25) is 14.5 Å². The number of pyridine rings is 1. The summed E-state index contributed by atoms with van der Waals surface area (Å²) in [4.78, 5) is 16.7. The molecule has 1 N–H and O–H groups in total. The average molecular weight is 318 g/mol. The quantitative estimate of drug-likeness (QED) is 0.787. The number of carbonyl (C=O) groups is 1. The van der Waals surface area contributed by atoms with Crippen molar-refractivity contribution in [2.45, 2.75) is 25.4 Å². The topological polar surface area (TPSA) is 59.8 Å². The maximum Gasteiger partial charge on any atom is 0.255 e. The molecule has 1 aromatic carbocycles. The van der Waals surface area contributed by atoms with Gasteiger partial charge in [-0.15, -0.1) is 0 Å². The Morgan fingerprint density at radius 3 is 2.71 bits per heavy atom. The van der Waals surface area contributed by atoms with E-state index in [4.69, 9.17) is 0 Å². The summed E-state index contributed by atoms with van der Waals surface area (Å²) in [5.41, 5.74) is 3.28. The fourth-order valence-electron chi connectivity index (χ4n) is 2.65. The molecule has 120 valence electrons. The van der Waals surface area contributed by atoms with Crippen molar-refractivity contribution in [2.24, 2.45) is 0 Å². The van der Waals surface area contributed by atoms with E-state index in [-0.39, 0.29) is 5.91 Å². The average Bonchev–Trinajstić information content (AvgIpc) is 3.33. The fourth-order valence-corrected chi connectivity index (χ4v) is 2.65. The summed E-state index contributed by atoms with van der Waals surface area (Å²) in [7, 11) is 0. The zero-order valence-electron chi connectivity index (χ0n) is 13.2. The number of amides is 1. The molecular weight excluding hydrogens is 300 g/mol. The molecule has 5 heteroatoms. The van der Waals surface area contributed by atoms with Crippen LogP contribution >= 0.6 is 0 Å². The summed E-state index contributed by atoms with van der Waals surface area (Å²) in [6.45, 7) is 0.630. The molecule has 0 spiro atoms. The molecule has 24 heavy (non-hydrogen) atoms. The van der Waals surface area contributed by atoms with E-state index in [1.165, 1.54) is 0 Å². The predicted octanol–water partition coefficient (Wildman–Crippen LogP) is 2.89. The second-order valence-electron chi connectivity index (χ2n) is 6.06. The third-order valence-corrected chi connectivity index (χ3v) is 4.04. The first-order chi connectivity index (χ1) is 11.8. The number of benzene rings is 1. The lowest BCUT2D eigenvalue weighted by Gasteiger charge is -2.03. The molecule has 3 aromatic rings. The Balaban J connectivity index is 1.68. The number of nitrogens with one attached hydrogen (secondary N) is 1. The van der Waals surface area contributed by atoms with Crippen LogP contribution in [0.5, 0.6) is 0 Å². The maximum absolute atomic E-state index is 12.6. The Kier molecular flexibility index (Phi) is 3.83. The van der Waals surface area contributed by atoms with E-state index in [1.807, 2.05) is 41.2 Å². The Hall–Kier alpha value is -2.95. The molecule has 1 saturated carbocycles. The molecule has 0 bridgehead atoms. The molecule has 1 aliphatic rings. The zero-order valence-corrected chi connectivity index (χ0v) is 13.2. The summed E-state index contributed by atoms with van der Waals surface area (Å²) in [5.74, 6) is -0.0596. The van der Waals surface area contributed by atoms with Crippen molar-refractivity contribution in [1.82, 2.24) is 20.1 Å². The van der Waals surface area contributed by atoms with Crippen molar-refractivity contribution in [2.75, 3.05) is 0 Å². The maximum atomic E-state index is 12.6. The van der Waals surface area contributed by atoms with Gasteiger partial charge in [0.25, 0.3) is 5.91 Å². The lowest BCUT2D eigenvalue weighted by atomic mass is 10.1. The molecule has 0 unspecified atom stereocenters. The van der Waals surface area contributed by atoms with Gasteiger partial charge in [0, 0.05) is 30.2 Å². The van der Waals surface area contributed by atoms with Gasteiger partial charge in [-0.05, 0) is 30.5 Å². The second kappa shape index (κ2) is 6.28. The second-order valence-corrected chi connectivity index (χ2v) is 6.06. The lowest BCUT2D eigenvalue weighted by Crippen LogP contribution is -2.25. The Morgan fingerprint density at radius 1 is 1.17 bits per heavy atom. The van der Waals surface area contributed by atoms with E-state index in [9.17, 15) is 4.79 Å². The first kappa shape index (κ1) is 14.6.